The maximum atomic E-state index is 5.84. The zero-order valence-corrected chi connectivity index (χ0v) is 10.5. The van der Waals surface area contributed by atoms with E-state index >= 15 is 0 Å². The van der Waals surface area contributed by atoms with E-state index in [1.165, 1.54) is 0 Å². The Bertz CT molecular complexity index is 160. The highest BCUT2D eigenvalue weighted by Gasteiger charge is 2.32. The third-order valence-corrected chi connectivity index (χ3v) is 4.60. The summed E-state index contributed by atoms with van der Waals surface area (Å²) in [5.41, 5.74) is 0. The Kier molecular flexibility index (Phi) is 4.89. The Morgan fingerprint density at radius 1 is 1.07 bits per heavy atom. The van der Waals surface area contributed by atoms with E-state index in [0.717, 1.165) is 44.2 Å². The van der Waals surface area contributed by atoms with Gasteiger partial charge in [0.1, 0.15) is 12.6 Å². The molecule has 0 aromatic heterocycles. The summed E-state index contributed by atoms with van der Waals surface area (Å²) in [5, 5.41) is 0.972. The lowest BCUT2D eigenvalue weighted by atomic mass is 10.4. The second-order valence-corrected chi connectivity index (χ2v) is 6.22. The number of ether oxygens (including phenoxy) is 2. The van der Waals surface area contributed by atoms with Gasteiger partial charge >= 0.3 is 14.8 Å². The summed E-state index contributed by atoms with van der Waals surface area (Å²) in [4.78, 5) is 0. The van der Waals surface area contributed by atoms with Crippen LogP contribution >= 0.6 is 0 Å². The summed E-state index contributed by atoms with van der Waals surface area (Å²) in [6.45, 7) is 3.77. The van der Waals surface area contributed by atoms with Crippen LogP contribution < -0.4 is 0 Å². The van der Waals surface area contributed by atoms with Crippen LogP contribution in [0, 0.1) is 0 Å². The minimum Gasteiger partial charge on any atom is -0.455 e. The van der Waals surface area contributed by atoms with Gasteiger partial charge in [0.2, 0.25) is 0 Å². The highest BCUT2D eigenvalue weighted by atomic mass is 27.2. The van der Waals surface area contributed by atoms with Crippen molar-refractivity contribution in [2.45, 2.75) is 50.5 Å². The molecule has 5 heteroatoms. The fraction of sp³-hybridized carbons (Fsp3) is 1.00. The van der Waals surface area contributed by atoms with E-state index in [1.54, 1.807) is 0 Å². The first kappa shape index (κ1) is 11.8. The van der Waals surface area contributed by atoms with Gasteiger partial charge in [-0.1, -0.05) is 6.92 Å². The van der Waals surface area contributed by atoms with Gasteiger partial charge in [0.15, 0.2) is 0 Å². The molecule has 15 heavy (non-hydrogen) atoms. The van der Waals surface area contributed by atoms with E-state index in [1.807, 2.05) is 0 Å². The van der Waals surface area contributed by atoms with Crippen LogP contribution in [-0.2, 0) is 17.1 Å². The van der Waals surface area contributed by atoms with Crippen LogP contribution in [0.5, 0.6) is 0 Å². The van der Waals surface area contributed by atoms with Crippen molar-refractivity contribution < 1.29 is 17.1 Å². The van der Waals surface area contributed by atoms with Gasteiger partial charge in [0, 0.05) is 13.2 Å². The maximum Gasteiger partial charge on any atom is 0.677 e. The van der Waals surface area contributed by atoms with Crippen LogP contribution in [0.3, 0.4) is 0 Å². The zero-order chi connectivity index (χ0) is 10.5. The van der Waals surface area contributed by atoms with Gasteiger partial charge in [-0.2, -0.15) is 0 Å². The van der Waals surface area contributed by atoms with E-state index in [9.17, 15) is 0 Å². The van der Waals surface area contributed by atoms with Crippen LogP contribution in [0.25, 0.3) is 0 Å². The van der Waals surface area contributed by atoms with Crippen LogP contribution in [0.1, 0.15) is 32.6 Å². The Morgan fingerprint density at radius 3 is 1.93 bits per heavy atom. The molecule has 2 aliphatic heterocycles. The van der Waals surface area contributed by atoms with E-state index in [0.29, 0.717) is 0 Å². The third-order valence-electron chi connectivity index (χ3n) is 2.72. The lowest BCUT2D eigenvalue weighted by Gasteiger charge is -2.20. The van der Waals surface area contributed by atoms with Gasteiger partial charge < -0.3 is 17.1 Å². The Labute approximate surface area is 95.9 Å². The molecule has 0 bridgehead atoms. The second-order valence-electron chi connectivity index (χ2n) is 4.00. The standard InChI is InChI=1S/2C4H7O2.C2H5.Al/c2*5-4-2-1-3-6-4;1-2;/h2*4H,1-3H2;1H2,2H3;/q2*-1;;+2. The van der Waals surface area contributed by atoms with Gasteiger partial charge in [-0.3, -0.25) is 0 Å². The molecule has 2 saturated heterocycles. The topological polar surface area (TPSA) is 36.9 Å². The van der Waals surface area contributed by atoms with Crippen LogP contribution in [-0.4, -0.2) is 40.6 Å². The van der Waals surface area contributed by atoms with E-state index in [4.69, 9.17) is 17.1 Å². The molecular formula is C10H19AlO4. The van der Waals surface area contributed by atoms with Crippen molar-refractivity contribution in [1.29, 1.82) is 0 Å². The fourth-order valence-electron chi connectivity index (χ4n) is 1.87. The van der Waals surface area contributed by atoms with Crippen molar-refractivity contribution in [2.24, 2.45) is 0 Å². The predicted molar refractivity (Wildman–Crippen MR) is 56.4 cm³/mol. The first-order valence-electron chi connectivity index (χ1n) is 5.92. The molecule has 2 unspecified atom stereocenters. The smallest absolute Gasteiger partial charge is 0.455 e. The van der Waals surface area contributed by atoms with E-state index < -0.39 is 14.8 Å². The molecule has 4 nitrogen and oxygen atoms in total. The molecule has 0 spiro atoms. The third kappa shape index (κ3) is 3.70. The average Bonchev–Trinajstić information content (AvgIpc) is 2.89. The van der Waals surface area contributed by atoms with Gasteiger partial charge in [-0.15, -0.1) is 0 Å². The summed E-state index contributed by atoms with van der Waals surface area (Å²) in [7, 11) is 0. The molecular weight excluding hydrogens is 211 g/mol. The lowest BCUT2D eigenvalue weighted by molar-refractivity contribution is -0.0931. The molecule has 0 radical (unpaired) electrons. The zero-order valence-electron chi connectivity index (χ0n) is 9.31. The van der Waals surface area contributed by atoms with Gasteiger partial charge in [0.05, 0.1) is 0 Å². The Balaban J connectivity index is 1.70. The predicted octanol–water partition coefficient (Wildman–Crippen LogP) is 1.80. The average molecular weight is 230 g/mol. The maximum absolute atomic E-state index is 5.84. The van der Waals surface area contributed by atoms with Crippen LogP contribution in [0.2, 0.25) is 5.28 Å². The van der Waals surface area contributed by atoms with E-state index in [2.05, 4.69) is 6.92 Å². The molecule has 2 rings (SSSR count). The first-order valence-corrected chi connectivity index (χ1v) is 7.68. The number of rotatable bonds is 5. The molecule has 2 fully saturated rings. The van der Waals surface area contributed by atoms with Crippen molar-refractivity contribution in [2.75, 3.05) is 13.2 Å². The largest absolute Gasteiger partial charge is 0.677 e. The summed E-state index contributed by atoms with van der Waals surface area (Å²) < 4.78 is 22.6. The molecule has 0 saturated carbocycles. The second kappa shape index (κ2) is 6.19. The van der Waals surface area contributed by atoms with Gasteiger partial charge in [0.25, 0.3) is 0 Å². The Morgan fingerprint density at radius 2 is 1.60 bits per heavy atom. The lowest BCUT2D eigenvalue weighted by Crippen LogP contribution is -2.32. The molecule has 0 aromatic carbocycles. The highest BCUT2D eigenvalue weighted by Crippen LogP contribution is 2.19. The molecule has 0 aliphatic carbocycles. The van der Waals surface area contributed by atoms with Crippen molar-refractivity contribution in [3.63, 3.8) is 0 Å². The highest BCUT2D eigenvalue weighted by molar-refractivity contribution is 6.44. The fourth-order valence-corrected chi connectivity index (χ4v) is 3.43. The van der Waals surface area contributed by atoms with Crippen molar-refractivity contribution in [3.05, 3.63) is 0 Å². The number of hydrogen-bond donors (Lipinski definition) is 0. The summed E-state index contributed by atoms with van der Waals surface area (Å²) in [6.07, 6.45) is 4.22. The minimum atomic E-state index is -1.57. The molecule has 2 aliphatic rings. The van der Waals surface area contributed by atoms with Gasteiger partial charge in [-0.25, -0.2) is 0 Å². The first-order chi connectivity index (χ1) is 7.38. The number of hydrogen-bond acceptors (Lipinski definition) is 4. The SMILES string of the molecule is C[CH2][Al]([O]C1CCCO1)[O]C1CCCO1. The van der Waals surface area contributed by atoms with Crippen molar-refractivity contribution in [3.8, 4) is 0 Å². The normalized spacial score (nSPS) is 31.0. The molecule has 2 atom stereocenters. The Hall–Kier alpha value is 0.372. The molecule has 0 aromatic rings. The quantitative estimate of drug-likeness (QED) is 0.675. The molecule has 0 N–H and O–H groups in total. The van der Waals surface area contributed by atoms with Crippen molar-refractivity contribution >= 4 is 14.8 Å². The molecule has 0 amide bonds. The molecule has 86 valence electrons. The minimum absolute atomic E-state index is 0.0111. The molecule has 2 heterocycles. The van der Waals surface area contributed by atoms with E-state index in [-0.39, 0.29) is 12.6 Å². The van der Waals surface area contributed by atoms with Crippen molar-refractivity contribution in [1.82, 2.24) is 0 Å². The summed E-state index contributed by atoms with van der Waals surface area (Å²) >= 11 is -1.57. The summed E-state index contributed by atoms with van der Waals surface area (Å²) in [5.74, 6) is 0. The monoisotopic (exact) mass is 230 g/mol. The van der Waals surface area contributed by atoms with Gasteiger partial charge in [-0.05, 0) is 31.0 Å². The summed E-state index contributed by atoms with van der Waals surface area (Å²) in [6, 6.07) is 0. The van der Waals surface area contributed by atoms with Crippen LogP contribution in [0.15, 0.2) is 0 Å². The van der Waals surface area contributed by atoms with Crippen LogP contribution in [0.4, 0.5) is 0 Å².